The van der Waals surface area contributed by atoms with Crippen LogP contribution in [-0.4, -0.2) is 137 Å². The first-order chi connectivity index (χ1) is 25.9. The lowest BCUT2D eigenvalue weighted by Crippen LogP contribution is -2.59. The number of ether oxygens (including phenoxy) is 4. The van der Waals surface area contributed by atoms with Gasteiger partial charge in [0.25, 0.3) is 0 Å². The Morgan fingerprint density at radius 3 is 1.93 bits per heavy atom. The Bertz CT molecular complexity index is 1410. The minimum absolute atomic E-state index is 0.0162. The zero-order valence-electron chi connectivity index (χ0n) is 35.6. The van der Waals surface area contributed by atoms with Crippen molar-refractivity contribution in [3.63, 3.8) is 0 Å². The van der Waals surface area contributed by atoms with E-state index < -0.39 is 48.3 Å². The minimum Gasteiger partial charge on any atom is -0.497 e. The number of hydrogen-bond donors (Lipinski definition) is 3. The van der Waals surface area contributed by atoms with Crippen LogP contribution in [0.15, 0.2) is 24.3 Å². The quantitative estimate of drug-likeness (QED) is 0.149. The summed E-state index contributed by atoms with van der Waals surface area (Å²) < 4.78 is 22.9. The van der Waals surface area contributed by atoms with Gasteiger partial charge in [-0.3, -0.25) is 24.0 Å². The number of Topliss-reactive ketones (excluding diaryl/α,β-unsaturated/α-hetero) is 1. The molecule has 14 nitrogen and oxygen atoms in total. The second kappa shape index (κ2) is 22.2. The van der Waals surface area contributed by atoms with E-state index in [1.807, 2.05) is 41.5 Å². The molecule has 1 aliphatic rings. The summed E-state index contributed by atoms with van der Waals surface area (Å²) in [5.41, 5.74) is 0.439. The standard InChI is InChI=1S/C41H69N5O9/c1-15-25(6)36(45(10)41(51)35(24(4)5)44-40(50)34(42-9)23(2)3)32(54-13)21-33(47)46-22-30(53-12)20-31(46)38(55-14)26(7)39(49)43-27(8)37(48)28-16-18-29(52-11)19-17-28/h16-19,23-27,30-32,34-36,38,42H,15,20-22H2,1-14H3,(H,43,49)(H,44,50)/t25-,26+,27+,30+,31+,32+,34-,35-,36-,38+/m0/s1. The number of likely N-dealkylation sites (tertiary alicyclic amines) is 1. The van der Waals surface area contributed by atoms with E-state index >= 15 is 0 Å². The molecular weight excluding hydrogens is 706 g/mol. The predicted molar refractivity (Wildman–Crippen MR) is 212 cm³/mol. The Morgan fingerprint density at radius 2 is 1.45 bits per heavy atom. The van der Waals surface area contributed by atoms with Crippen molar-refractivity contribution in [2.45, 2.75) is 123 Å². The lowest BCUT2D eigenvalue weighted by atomic mass is 9.89. The average Bonchev–Trinajstić information content (AvgIpc) is 3.60. The molecular formula is C41H69N5O9. The van der Waals surface area contributed by atoms with Gasteiger partial charge in [-0.2, -0.15) is 0 Å². The van der Waals surface area contributed by atoms with E-state index in [0.29, 0.717) is 24.2 Å². The highest BCUT2D eigenvalue weighted by atomic mass is 16.5. The molecule has 1 saturated heterocycles. The van der Waals surface area contributed by atoms with Gasteiger partial charge in [0.05, 0.1) is 61.9 Å². The summed E-state index contributed by atoms with van der Waals surface area (Å²) in [6, 6.07) is 3.60. The number of nitrogens with zero attached hydrogens (tertiary/aromatic N) is 2. The highest BCUT2D eigenvalue weighted by Gasteiger charge is 2.46. The number of amides is 4. The molecule has 4 amide bonds. The van der Waals surface area contributed by atoms with E-state index in [1.165, 1.54) is 14.2 Å². The van der Waals surface area contributed by atoms with E-state index in [1.54, 1.807) is 76.2 Å². The van der Waals surface area contributed by atoms with Gasteiger partial charge in [0.1, 0.15) is 11.8 Å². The SMILES string of the molecule is CC[C@H](C)[C@@H]([C@@H](CC(=O)N1C[C@H](OC)C[C@@H]1[C@H](OC)[C@@H](C)C(=O)N[C@H](C)C(=O)c1ccc(OC)cc1)OC)N(C)C(=O)[C@@H](NC(=O)[C@@H](NC)C(C)C)C(C)C. The second-order valence-electron chi connectivity index (χ2n) is 15.6. The summed E-state index contributed by atoms with van der Waals surface area (Å²) in [7, 11) is 9.59. The van der Waals surface area contributed by atoms with Crippen molar-refractivity contribution in [1.82, 2.24) is 25.8 Å². The van der Waals surface area contributed by atoms with Crippen molar-refractivity contribution < 1.29 is 42.9 Å². The van der Waals surface area contributed by atoms with Gasteiger partial charge in [0.2, 0.25) is 23.6 Å². The molecule has 3 N–H and O–H groups in total. The molecule has 1 aromatic carbocycles. The maximum atomic E-state index is 14.3. The van der Waals surface area contributed by atoms with Crippen LogP contribution in [0, 0.1) is 23.7 Å². The Morgan fingerprint density at radius 1 is 0.855 bits per heavy atom. The predicted octanol–water partition coefficient (Wildman–Crippen LogP) is 3.31. The summed E-state index contributed by atoms with van der Waals surface area (Å²) >= 11 is 0. The first kappa shape index (κ1) is 47.6. The first-order valence-corrected chi connectivity index (χ1v) is 19.5. The molecule has 1 fully saturated rings. The average molecular weight is 776 g/mol. The van der Waals surface area contributed by atoms with Crippen molar-refractivity contribution in [3.05, 3.63) is 29.8 Å². The zero-order valence-corrected chi connectivity index (χ0v) is 35.6. The summed E-state index contributed by atoms with van der Waals surface area (Å²) in [5, 5.41) is 8.85. The minimum atomic E-state index is -0.808. The maximum absolute atomic E-state index is 14.3. The molecule has 0 bridgehead atoms. The number of methoxy groups -OCH3 is 4. The van der Waals surface area contributed by atoms with Crippen molar-refractivity contribution in [3.8, 4) is 5.75 Å². The van der Waals surface area contributed by atoms with Gasteiger partial charge in [-0.05, 0) is 62.4 Å². The summed E-state index contributed by atoms with van der Waals surface area (Å²) in [4.78, 5) is 71.8. The number of hydrogen-bond acceptors (Lipinski definition) is 10. The molecule has 0 spiro atoms. The van der Waals surface area contributed by atoms with Gasteiger partial charge in [-0.15, -0.1) is 0 Å². The fraction of sp³-hybridized carbons (Fsp3) is 0.732. The Balaban J connectivity index is 2.32. The fourth-order valence-electron chi connectivity index (χ4n) is 7.62. The smallest absolute Gasteiger partial charge is 0.245 e. The Hall–Kier alpha value is -3.59. The van der Waals surface area contributed by atoms with E-state index in [9.17, 15) is 24.0 Å². The van der Waals surface area contributed by atoms with Crippen LogP contribution in [0.25, 0.3) is 0 Å². The lowest BCUT2D eigenvalue weighted by molar-refractivity contribution is -0.148. The normalized spacial score (nSPS) is 20.2. The topological polar surface area (TPSA) is 165 Å². The summed E-state index contributed by atoms with van der Waals surface area (Å²) in [6.45, 7) is 15.3. The van der Waals surface area contributed by atoms with Crippen LogP contribution in [0.4, 0.5) is 0 Å². The molecule has 312 valence electrons. The zero-order chi connectivity index (χ0) is 41.7. The number of likely N-dealkylation sites (N-methyl/N-ethyl adjacent to an activating group) is 2. The van der Waals surface area contributed by atoms with E-state index in [0.717, 1.165) is 0 Å². The van der Waals surface area contributed by atoms with E-state index in [4.69, 9.17) is 18.9 Å². The molecule has 1 heterocycles. The highest BCUT2D eigenvalue weighted by Crippen LogP contribution is 2.31. The van der Waals surface area contributed by atoms with Crippen molar-refractivity contribution in [2.24, 2.45) is 23.7 Å². The van der Waals surface area contributed by atoms with Crippen molar-refractivity contribution >= 4 is 29.4 Å². The van der Waals surface area contributed by atoms with Gasteiger partial charge in [0, 0.05) is 40.5 Å². The maximum Gasteiger partial charge on any atom is 0.245 e. The van der Waals surface area contributed by atoms with E-state index in [-0.39, 0.29) is 66.2 Å². The molecule has 1 aromatic rings. The van der Waals surface area contributed by atoms with Gasteiger partial charge >= 0.3 is 0 Å². The van der Waals surface area contributed by atoms with Crippen molar-refractivity contribution in [2.75, 3.05) is 49.1 Å². The van der Waals surface area contributed by atoms with Gasteiger partial charge in [-0.25, -0.2) is 0 Å². The molecule has 10 atom stereocenters. The summed E-state index contributed by atoms with van der Waals surface area (Å²) in [5.74, 6) is -1.74. The molecule has 0 aromatic heterocycles. The van der Waals surface area contributed by atoms with Crippen LogP contribution in [0.5, 0.6) is 5.75 Å². The number of benzene rings is 1. The van der Waals surface area contributed by atoms with Crippen LogP contribution in [0.3, 0.4) is 0 Å². The van der Waals surface area contributed by atoms with Crippen molar-refractivity contribution in [1.29, 1.82) is 0 Å². The molecule has 0 saturated carbocycles. The number of carbonyl (C=O) groups is 5. The number of rotatable bonds is 22. The molecule has 14 heteroatoms. The number of carbonyl (C=O) groups excluding carboxylic acids is 5. The third-order valence-electron chi connectivity index (χ3n) is 11.2. The number of nitrogens with one attached hydrogen (secondary N) is 3. The summed E-state index contributed by atoms with van der Waals surface area (Å²) in [6.07, 6.45) is -0.603. The molecule has 0 unspecified atom stereocenters. The molecule has 0 aliphatic carbocycles. The molecule has 55 heavy (non-hydrogen) atoms. The largest absolute Gasteiger partial charge is 0.497 e. The fourth-order valence-corrected chi connectivity index (χ4v) is 7.62. The molecule has 2 rings (SSSR count). The van der Waals surface area contributed by atoms with Gasteiger partial charge < -0.3 is 44.7 Å². The third-order valence-corrected chi connectivity index (χ3v) is 11.2. The highest BCUT2D eigenvalue weighted by molar-refractivity contribution is 6.02. The molecule has 1 aliphatic heterocycles. The monoisotopic (exact) mass is 776 g/mol. The Labute approximate surface area is 329 Å². The van der Waals surface area contributed by atoms with Gasteiger partial charge in [-0.1, -0.05) is 54.9 Å². The second-order valence-corrected chi connectivity index (χ2v) is 15.6. The number of ketones is 1. The van der Waals surface area contributed by atoms with E-state index in [2.05, 4.69) is 16.0 Å². The van der Waals surface area contributed by atoms with Crippen LogP contribution < -0.4 is 20.7 Å². The van der Waals surface area contributed by atoms with Crippen LogP contribution >= 0.6 is 0 Å². The Kier molecular flexibility index (Phi) is 19.2. The van der Waals surface area contributed by atoms with Crippen LogP contribution in [0.1, 0.15) is 85.0 Å². The third kappa shape index (κ3) is 12.2. The lowest BCUT2D eigenvalue weighted by Gasteiger charge is -2.41. The van der Waals surface area contributed by atoms with Crippen LogP contribution in [-0.2, 0) is 33.4 Å². The first-order valence-electron chi connectivity index (χ1n) is 19.5. The van der Waals surface area contributed by atoms with Crippen LogP contribution in [0.2, 0.25) is 0 Å². The van der Waals surface area contributed by atoms with Gasteiger partial charge in [0.15, 0.2) is 5.78 Å². The molecule has 0 radical (unpaired) electrons.